The molecule has 0 aliphatic heterocycles. The molecule has 0 aromatic heterocycles. The fraction of sp³-hybridized carbons (Fsp3) is 0.500. The van der Waals surface area contributed by atoms with Crippen molar-refractivity contribution >= 4 is 11.9 Å². The van der Waals surface area contributed by atoms with Gasteiger partial charge < -0.3 is 14.6 Å². The van der Waals surface area contributed by atoms with Crippen LogP contribution < -0.4 is 0 Å². The van der Waals surface area contributed by atoms with Gasteiger partial charge in [-0.15, -0.1) is 0 Å². The number of ether oxygens (including phenoxy) is 2. The van der Waals surface area contributed by atoms with Crippen molar-refractivity contribution in [1.82, 2.24) is 0 Å². The molecule has 29 heavy (non-hydrogen) atoms. The van der Waals surface area contributed by atoms with Crippen LogP contribution in [0.25, 0.3) is 0 Å². The molecule has 0 amide bonds. The summed E-state index contributed by atoms with van der Waals surface area (Å²) >= 11 is 0. The Hall–Kier alpha value is -2.56. The standard InChI is InChI=1S/C24H32O5/c1-16-7-6-14-24(4,5)22(15-17(2)21(13-8-16)28-18(3)25)29-23(27)19-9-11-20(26)12-10-19/h8-12,15,21-22,26H,6-7,13-14H2,1-5H3/b16-8+,17-15?/t21-,22-/m1/s1. The van der Waals surface area contributed by atoms with Gasteiger partial charge in [0, 0.05) is 18.8 Å². The zero-order valence-electron chi connectivity index (χ0n) is 18.0. The Balaban J connectivity index is 2.34. The summed E-state index contributed by atoms with van der Waals surface area (Å²) in [5, 5.41) is 9.45. The van der Waals surface area contributed by atoms with Gasteiger partial charge in [0.1, 0.15) is 18.0 Å². The van der Waals surface area contributed by atoms with Crippen LogP contribution in [0.1, 0.15) is 70.7 Å². The van der Waals surface area contributed by atoms with Crippen molar-refractivity contribution in [2.45, 2.75) is 72.5 Å². The highest BCUT2D eigenvalue weighted by atomic mass is 16.5. The lowest BCUT2D eigenvalue weighted by molar-refractivity contribution is -0.144. The molecule has 1 N–H and O–H groups in total. The Kier molecular flexibility index (Phi) is 7.66. The normalized spacial score (nSPS) is 24.3. The van der Waals surface area contributed by atoms with Gasteiger partial charge in [-0.05, 0) is 69.0 Å². The lowest BCUT2D eigenvalue weighted by Crippen LogP contribution is -2.33. The number of phenols is 1. The van der Waals surface area contributed by atoms with Crippen LogP contribution in [0, 0.1) is 5.41 Å². The zero-order chi connectivity index (χ0) is 21.6. The number of phenolic OH excluding ortho intramolecular Hbond substituents is 1. The van der Waals surface area contributed by atoms with Gasteiger partial charge in [0.05, 0.1) is 5.56 Å². The number of carbonyl (C=O) groups is 2. The number of benzene rings is 1. The van der Waals surface area contributed by atoms with E-state index < -0.39 is 12.1 Å². The van der Waals surface area contributed by atoms with Crippen LogP contribution in [-0.2, 0) is 14.3 Å². The Morgan fingerprint density at radius 2 is 1.76 bits per heavy atom. The summed E-state index contributed by atoms with van der Waals surface area (Å²) in [5.74, 6) is -0.680. The van der Waals surface area contributed by atoms with E-state index in [4.69, 9.17) is 9.47 Å². The summed E-state index contributed by atoms with van der Waals surface area (Å²) in [6, 6.07) is 6.01. The third kappa shape index (κ3) is 6.77. The molecule has 0 bridgehead atoms. The van der Waals surface area contributed by atoms with E-state index in [-0.39, 0.29) is 23.2 Å². The number of esters is 2. The van der Waals surface area contributed by atoms with Crippen LogP contribution in [0.4, 0.5) is 0 Å². The molecule has 5 heteroatoms. The van der Waals surface area contributed by atoms with E-state index in [0.29, 0.717) is 12.0 Å². The second-order valence-corrected chi connectivity index (χ2v) is 8.51. The minimum absolute atomic E-state index is 0.0969. The first kappa shape index (κ1) is 22.7. The van der Waals surface area contributed by atoms with E-state index in [1.54, 1.807) is 12.1 Å². The average Bonchev–Trinajstić information content (AvgIpc) is 2.65. The SMILES string of the molecule is CC(=O)O[C@@H]1C/C=C(\C)CCCC(C)(C)[C@H](OC(=O)c2ccc(O)cc2)C=C1C. The summed E-state index contributed by atoms with van der Waals surface area (Å²) in [6.07, 6.45) is 6.61. The van der Waals surface area contributed by atoms with Crippen molar-refractivity contribution in [1.29, 1.82) is 0 Å². The molecule has 1 aliphatic rings. The maximum Gasteiger partial charge on any atom is 0.338 e. The average molecular weight is 401 g/mol. The number of hydrogen-bond donors (Lipinski definition) is 1. The third-order valence-electron chi connectivity index (χ3n) is 5.41. The molecule has 0 spiro atoms. The summed E-state index contributed by atoms with van der Waals surface area (Å²) in [5.41, 5.74) is 2.22. The van der Waals surface area contributed by atoms with Gasteiger partial charge in [-0.3, -0.25) is 4.79 Å². The number of carbonyl (C=O) groups excluding carboxylic acids is 2. The predicted molar refractivity (Wildman–Crippen MR) is 113 cm³/mol. The van der Waals surface area contributed by atoms with Crippen molar-refractivity contribution in [3.8, 4) is 5.75 Å². The second kappa shape index (κ2) is 9.77. The highest BCUT2D eigenvalue weighted by molar-refractivity contribution is 5.89. The molecule has 2 atom stereocenters. The third-order valence-corrected chi connectivity index (χ3v) is 5.41. The van der Waals surface area contributed by atoms with Gasteiger partial charge in [0.25, 0.3) is 0 Å². The molecule has 0 saturated carbocycles. The van der Waals surface area contributed by atoms with Gasteiger partial charge >= 0.3 is 11.9 Å². The maximum absolute atomic E-state index is 12.7. The minimum Gasteiger partial charge on any atom is -0.508 e. The molecule has 1 aromatic carbocycles. The quantitative estimate of drug-likeness (QED) is 0.547. The fourth-order valence-electron chi connectivity index (χ4n) is 3.45. The predicted octanol–water partition coefficient (Wildman–Crippen LogP) is 5.34. The molecule has 1 aliphatic carbocycles. The molecular weight excluding hydrogens is 368 g/mol. The van der Waals surface area contributed by atoms with E-state index in [2.05, 4.69) is 26.8 Å². The van der Waals surface area contributed by atoms with Crippen molar-refractivity contribution in [2.75, 3.05) is 0 Å². The molecule has 0 unspecified atom stereocenters. The first-order valence-electron chi connectivity index (χ1n) is 10.1. The van der Waals surface area contributed by atoms with Crippen molar-refractivity contribution in [3.63, 3.8) is 0 Å². The molecule has 0 saturated heterocycles. The Morgan fingerprint density at radius 1 is 1.10 bits per heavy atom. The minimum atomic E-state index is -0.472. The van der Waals surface area contributed by atoms with E-state index >= 15 is 0 Å². The molecule has 2 rings (SSSR count). The Bertz CT molecular complexity index is 786. The topological polar surface area (TPSA) is 72.8 Å². The van der Waals surface area contributed by atoms with Crippen LogP contribution in [-0.4, -0.2) is 29.3 Å². The van der Waals surface area contributed by atoms with Gasteiger partial charge in [-0.2, -0.15) is 0 Å². The second-order valence-electron chi connectivity index (χ2n) is 8.51. The van der Waals surface area contributed by atoms with Crippen molar-refractivity contribution in [2.24, 2.45) is 5.41 Å². The largest absolute Gasteiger partial charge is 0.508 e. The Morgan fingerprint density at radius 3 is 2.38 bits per heavy atom. The van der Waals surface area contributed by atoms with Gasteiger partial charge in [-0.1, -0.05) is 25.5 Å². The van der Waals surface area contributed by atoms with Crippen LogP contribution in [0.15, 0.2) is 47.6 Å². The van der Waals surface area contributed by atoms with Crippen LogP contribution in [0.3, 0.4) is 0 Å². The number of hydrogen-bond acceptors (Lipinski definition) is 5. The van der Waals surface area contributed by atoms with E-state index in [9.17, 15) is 14.7 Å². The van der Waals surface area contributed by atoms with Gasteiger partial charge in [0.15, 0.2) is 0 Å². The van der Waals surface area contributed by atoms with Crippen LogP contribution >= 0.6 is 0 Å². The monoisotopic (exact) mass is 400 g/mol. The first-order valence-corrected chi connectivity index (χ1v) is 10.1. The number of rotatable bonds is 3. The van der Waals surface area contributed by atoms with Gasteiger partial charge in [0.2, 0.25) is 0 Å². The zero-order valence-corrected chi connectivity index (χ0v) is 18.0. The molecule has 158 valence electrons. The molecule has 5 nitrogen and oxygen atoms in total. The summed E-state index contributed by atoms with van der Waals surface area (Å²) in [4.78, 5) is 24.3. The van der Waals surface area contributed by atoms with Crippen molar-refractivity contribution in [3.05, 3.63) is 53.1 Å². The number of allylic oxidation sites excluding steroid dienone is 1. The highest BCUT2D eigenvalue weighted by Gasteiger charge is 2.32. The molecule has 1 aromatic rings. The fourth-order valence-corrected chi connectivity index (χ4v) is 3.45. The first-order chi connectivity index (χ1) is 13.6. The van der Waals surface area contributed by atoms with E-state index in [1.165, 1.54) is 24.6 Å². The van der Waals surface area contributed by atoms with Crippen LogP contribution in [0.5, 0.6) is 5.75 Å². The molecule has 0 heterocycles. The lowest BCUT2D eigenvalue weighted by Gasteiger charge is -2.33. The molecule has 0 radical (unpaired) electrons. The van der Waals surface area contributed by atoms with Crippen molar-refractivity contribution < 1.29 is 24.2 Å². The summed E-state index contributed by atoms with van der Waals surface area (Å²) < 4.78 is 11.4. The van der Waals surface area contributed by atoms with E-state index in [0.717, 1.165) is 24.8 Å². The summed E-state index contributed by atoms with van der Waals surface area (Å²) in [7, 11) is 0. The van der Waals surface area contributed by atoms with Crippen LogP contribution in [0.2, 0.25) is 0 Å². The highest BCUT2D eigenvalue weighted by Crippen LogP contribution is 2.34. The molecule has 0 fully saturated rings. The lowest BCUT2D eigenvalue weighted by atomic mass is 9.80. The van der Waals surface area contributed by atoms with Gasteiger partial charge in [-0.25, -0.2) is 4.79 Å². The number of aromatic hydroxyl groups is 1. The smallest absolute Gasteiger partial charge is 0.338 e. The maximum atomic E-state index is 12.7. The summed E-state index contributed by atoms with van der Waals surface area (Å²) in [6.45, 7) is 9.58. The Labute approximate surface area is 173 Å². The molecular formula is C24H32O5. The van der Waals surface area contributed by atoms with E-state index in [1.807, 2.05) is 13.0 Å².